The summed E-state index contributed by atoms with van der Waals surface area (Å²) in [6.45, 7) is 2.16. The van der Waals surface area contributed by atoms with E-state index in [9.17, 15) is 9.59 Å². The fraction of sp³-hybridized carbons (Fsp3) is 0.111. The highest BCUT2D eigenvalue weighted by atomic mass is 16.5. The van der Waals surface area contributed by atoms with Gasteiger partial charge in [0.1, 0.15) is 6.10 Å². The molecule has 0 radical (unpaired) electrons. The van der Waals surface area contributed by atoms with E-state index in [0.717, 1.165) is 22.3 Å². The van der Waals surface area contributed by atoms with Crippen LogP contribution in [-0.2, 0) is 14.3 Å². The lowest BCUT2D eigenvalue weighted by Gasteiger charge is -2.18. The number of esters is 1. The molecule has 0 saturated heterocycles. The third-order valence-corrected chi connectivity index (χ3v) is 4.61. The van der Waals surface area contributed by atoms with Crippen LogP contribution >= 0.6 is 0 Å². The first-order chi connectivity index (χ1) is 15.1. The molecule has 0 bridgehead atoms. The Labute approximate surface area is 182 Å². The van der Waals surface area contributed by atoms with Gasteiger partial charge in [-0.2, -0.15) is 0 Å². The summed E-state index contributed by atoms with van der Waals surface area (Å²) in [7, 11) is 0. The van der Waals surface area contributed by atoms with E-state index in [1.807, 2.05) is 91.9 Å². The molecule has 0 unspecified atom stereocenters. The molecule has 31 heavy (non-hydrogen) atoms. The predicted molar refractivity (Wildman–Crippen MR) is 124 cm³/mol. The van der Waals surface area contributed by atoms with E-state index in [0.29, 0.717) is 0 Å². The second kappa shape index (κ2) is 11.3. The molecule has 4 nitrogen and oxygen atoms in total. The van der Waals surface area contributed by atoms with Crippen molar-refractivity contribution in [1.82, 2.24) is 5.32 Å². The molecule has 4 heteroatoms. The van der Waals surface area contributed by atoms with Crippen LogP contribution in [0.2, 0.25) is 0 Å². The van der Waals surface area contributed by atoms with Crippen LogP contribution in [0.5, 0.6) is 0 Å². The Hall–Kier alpha value is -3.92. The molecule has 1 N–H and O–H groups in total. The third kappa shape index (κ3) is 7.44. The first-order valence-electron chi connectivity index (χ1n) is 10.1. The van der Waals surface area contributed by atoms with Crippen LogP contribution in [0.15, 0.2) is 97.1 Å². The van der Waals surface area contributed by atoms with E-state index >= 15 is 0 Å². The van der Waals surface area contributed by atoms with E-state index < -0.39 is 12.1 Å². The second-order valence-corrected chi connectivity index (χ2v) is 7.07. The Bertz CT molecular complexity index is 1040. The van der Waals surface area contributed by atoms with Gasteiger partial charge < -0.3 is 10.1 Å². The van der Waals surface area contributed by atoms with Gasteiger partial charge in [-0.3, -0.25) is 4.79 Å². The van der Waals surface area contributed by atoms with Crippen molar-refractivity contribution < 1.29 is 14.3 Å². The number of hydrogen-bond acceptors (Lipinski definition) is 3. The zero-order valence-corrected chi connectivity index (χ0v) is 17.4. The van der Waals surface area contributed by atoms with Gasteiger partial charge in [-0.25, -0.2) is 4.79 Å². The number of nitrogens with one attached hydrogen (secondary N) is 1. The molecule has 3 rings (SSSR count). The molecule has 0 heterocycles. The quantitative estimate of drug-likeness (QED) is 0.413. The topological polar surface area (TPSA) is 55.4 Å². The zero-order valence-electron chi connectivity index (χ0n) is 17.4. The Morgan fingerprint density at radius 2 is 1.35 bits per heavy atom. The maximum atomic E-state index is 12.4. The van der Waals surface area contributed by atoms with Crippen molar-refractivity contribution in [3.63, 3.8) is 0 Å². The van der Waals surface area contributed by atoms with Crippen molar-refractivity contribution >= 4 is 24.0 Å². The van der Waals surface area contributed by atoms with E-state index in [1.54, 1.807) is 12.2 Å². The van der Waals surface area contributed by atoms with Gasteiger partial charge in [0, 0.05) is 12.2 Å². The Balaban J connectivity index is 1.64. The van der Waals surface area contributed by atoms with Crippen LogP contribution in [0.3, 0.4) is 0 Å². The fourth-order valence-corrected chi connectivity index (χ4v) is 2.90. The predicted octanol–water partition coefficient (Wildman–Crippen LogP) is 5.12. The number of carbonyl (C=O) groups excluding carboxylic acids is 2. The second-order valence-electron chi connectivity index (χ2n) is 7.07. The summed E-state index contributed by atoms with van der Waals surface area (Å²) in [5.74, 6) is -0.722. The molecule has 0 aromatic heterocycles. The maximum Gasteiger partial charge on any atom is 0.331 e. The molecule has 0 aliphatic carbocycles. The van der Waals surface area contributed by atoms with Crippen molar-refractivity contribution in [3.05, 3.63) is 119 Å². The van der Waals surface area contributed by atoms with Crippen LogP contribution in [0, 0.1) is 6.92 Å². The average molecular weight is 412 g/mol. The number of amides is 1. The molecule has 0 spiro atoms. The fourth-order valence-electron chi connectivity index (χ4n) is 2.90. The number of rotatable bonds is 8. The lowest BCUT2D eigenvalue weighted by atomic mass is 10.1. The molecule has 1 amide bonds. The monoisotopic (exact) mass is 411 g/mol. The normalized spacial score (nSPS) is 12.0. The molecule has 1 atom stereocenters. The molecular formula is C27H25NO3. The molecule has 3 aromatic carbocycles. The van der Waals surface area contributed by atoms with Crippen molar-refractivity contribution in [1.29, 1.82) is 0 Å². The lowest BCUT2D eigenvalue weighted by Crippen LogP contribution is -2.29. The van der Waals surface area contributed by atoms with Crippen molar-refractivity contribution in [3.8, 4) is 0 Å². The van der Waals surface area contributed by atoms with Crippen LogP contribution in [0.1, 0.15) is 28.4 Å². The Morgan fingerprint density at radius 3 is 1.94 bits per heavy atom. The minimum absolute atomic E-state index is 0.173. The lowest BCUT2D eigenvalue weighted by molar-refractivity contribution is -0.143. The SMILES string of the molecule is Cc1ccc([C@H](CNC(=O)/C=C/c2ccccc2)OC(=O)/C=C/c2ccccc2)cc1. The molecule has 0 fully saturated rings. The smallest absolute Gasteiger partial charge is 0.331 e. The minimum Gasteiger partial charge on any atom is -0.452 e. The van der Waals surface area contributed by atoms with Crippen LogP contribution < -0.4 is 5.32 Å². The number of aryl methyl sites for hydroxylation is 1. The highest BCUT2D eigenvalue weighted by Crippen LogP contribution is 2.18. The van der Waals surface area contributed by atoms with Gasteiger partial charge in [-0.15, -0.1) is 0 Å². The summed E-state index contributed by atoms with van der Waals surface area (Å²) in [5.41, 5.74) is 3.77. The Kier molecular flexibility index (Phi) is 7.95. The minimum atomic E-state index is -0.595. The van der Waals surface area contributed by atoms with Gasteiger partial charge in [0.05, 0.1) is 6.54 Å². The first-order valence-corrected chi connectivity index (χ1v) is 10.1. The summed E-state index contributed by atoms with van der Waals surface area (Å²) in [4.78, 5) is 24.6. The molecule has 0 saturated carbocycles. The Morgan fingerprint density at radius 1 is 0.806 bits per heavy atom. The molecular weight excluding hydrogens is 386 g/mol. The summed E-state index contributed by atoms with van der Waals surface area (Å²) in [6, 6.07) is 26.8. The molecule has 0 aliphatic rings. The van der Waals surface area contributed by atoms with Crippen molar-refractivity contribution in [2.24, 2.45) is 0 Å². The van der Waals surface area contributed by atoms with Crippen LogP contribution in [-0.4, -0.2) is 18.4 Å². The van der Waals surface area contributed by atoms with Gasteiger partial charge >= 0.3 is 5.97 Å². The summed E-state index contributed by atoms with van der Waals surface area (Å²) < 4.78 is 5.65. The number of hydrogen-bond donors (Lipinski definition) is 1. The van der Waals surface area contributed by atoms with E-state index in [-0.39, 0.29) is 12.5 Å². The molecule has 0 aliphatic heterocycles. The first kappa shape index (κ1) is 21.8. The van der Waals surface area contributed by atoms with Gasteiger partial charge in [-0.1, -0.05) is 90.5 Å². The van der Waals surface area contributed by atoms with Crippen molar-refractivity contribution in [2.45, 2.75) is 13.0 Å². The largest absolute Gasteiger partial charge is 0.452 e. The van der Waals surface area contributed by atoms with E-state index in [1.165, 1.54) is 12.2 Å². The van der Waals surface area contributed by atoms with Gasteiger partial charge in [0.25, 0.3) is 0 Å². The van der Waals surface area contributed by atoms with Crippen LogP contribution in [0.4, 0.5) is 0 Å². The summed E-state index contributed by atoms with van der Waals surface area (Å²) in [5, 5.41) is 2.82. The third-order valence-electron chi connectivity index (χ3n) is 4.61. The number of benzene rings is 3. The molecule has 156 valence electrons. The van der Waals surface area contributed by atoms with Gasteiger partial charge in [0.15, 0.2) is 0 Å². The average Bonchev–Trinajstić information content (AvgIpc) is 2.81. The number of carbonyl (C=O) groups is 2. The zero-order chi connectivity index (χ0) is 21.9. The number of ether oxygens (including phenoxy) is 1. The highest BCUT2D eigenvalue weighted by molar-refractivity contribution is 5.91. The maximum absolute atomic E-state index is 12.4. The van der Waals surface area contributed by atoms with Gasteiger partial charge in [-0.05, 0) is 35.8 Å². The standard InChI is InChI=1S/C27H25NO3/c1-21-12-16-24(17-13-21)25(31-27(30)19-15-23-10-6-3-7-11-23)20-28-26(29)18-14-22-8-4-2-5-9-22/h2-19,25H,20H2,1H3,(H,28,29)/b18-14+,19-15+/t25-/m0/s1. The molecule has 3 aromatic rings. The van der Waals surface area contributed by atoms with Crippen LogP contribution in [0.25, 0.3) is 12.2 Å². The summed E-state index contributed by atoms with van der Waals surface area (Å²) >= 11 is 0. The van der Waals surface area contributed by atoms with E-state index in [2.05, 4.69) is 5.32 Å². The summed E-state index contributed by atoms with van der Waals surface area (Å²) in [6.07, 6.45) is 5.72. The van der Waals surface area contributed by atoms with E-state index in [4.69, 9.17) is 4.74 Å². The highest BCUT2D eigenvalue weighted by Gasteiger charge is 2.16. The van der Waals surface area contributed by atoms with Crippen molar-refractivity contribution in [2.75, 3.05) is 6.54 Å². The van der Waals surface area contributed by atoms with Gasteiger partial charge in [0.2, 0.25) is 5.91 Å².